The molecule has 0 saturated heterocycles. The van der Waals surface area contributed by atoms with Gasteiger partial charge in [-0.2, -0.15) is 0 Å². The maximum absolute atomic E-state index is 10.6. The number of aliphatic hydroxyl groups excluding tert-OH is 1. The molecular formula is C24H27N5O2. The molecule has 7 heteroatoms. The zero-order chi connectivity index (χ0) is 21.8. The van der Waals surface area contributed by atoms with Crippen molar-refractivity contribution in [2.24, 2.45) is 0 Å². The number of ether oxygens (including phenoxy) is 1. The van der Waals surface area contributed by atoms with Crippen LogP contribution in [0.4, 0.5) is 5.82 Å². The second-order valence-corrected chi connectivity index (χ2v) is 7.75. The highest BCUT2D eigenvalue weighted by molar-refractivity contribution is 5.82. The smallest absolute Gasteiger partial charge is 0.165 e. The van der Waals surface area contributed by atoms with Crippen molar-refractivity contribution in [3.8, 4) is 5.75 Å². The topological polar surface area (TPSA) is 85.1 Å². The van der Waals surface area contributed by atoms with E-state index in [1.807, 2.05) is 42.7 Å². The van der Waals surface area contributed by atoms with Gasteiger partial charge in [-0.05, 0) is 43.0 Å². The summed E-state index contributed by atoms with van der Waals surface area (Å²) in [7, 11) is 0. The van der Waals surface area contributed by atoms with Gasteiger partial charge >= 0.3 is 0 Å². The maximum Gasteiger partial charge on any atom is 0.165 e. The summed E-state index contributed by atoms with van der Waals surface area (Å²) >= 11 is 0. The van der Waals surface area contributed by atoms with E-state index < -0.39 is 6.10 Å². The number of hydrogen-bond donors (Lipinski definition) is 2. The van der Waals surface area contributed by atoms with Gasteiger partial charge in [0.25, 0.3) is 0 Å². The Labute approximate surface area is 181 Å². The van der Waals surface area contributed by atoms with Crippen LogP contribution in [-0.4, -0.2) is 37.3 Å². The van der Waals surface area contributed by atoms with E-state index in [-0.39, 0.29) is 6.61 Å². The molecule has 0 aliphatic carbocycles. The number of anilines is 1. The predicted molar refractivity (Wildman–Crippen MR) is 121 cm³/mol. The van der Waals surface area contributed by atoms with Gasteiger partial charge in [0, 0.05) is 6.54 Å². The minimum atomic E-state index is -0.701. The molecule has 2 heterocycles. The summed E-state index contributed by atoms with van der Waals surface area (Å²) in [4.78, 5) is 13.2. The van der Waals surface area contributed by atoms with Crippen molar-refractivity contribution in [3.63, 3.8) is 0 Å². The van der Waals surface area contributed by atoms with Crippen molar-refractivity contribution < 1.29 is 9.84 Å². The number of nitrogens with zero attached hydrogens (tertiary/aromatic N) is 4. The Morgan fingerprint density at radius 2 is 1.77 bits per heavy atom. The van der Waals surface area contributed by atoms with Crippen LogP contribution >= 0.6 is 0 Å². The first kappa shape index (κ1) is 20.8. The Bertz CT molecular complexity index is 1170. The number of hydrogen-bond acceptors (Lipinski definition) is 6. The summed E-state index contributed by atoms with van der Waals surface area (Å²) in [5.41, 5.74) is 5.84. The number of nitrogens with one attached hydrogen (secondary N) is 1. The standard InChI is InChI=1S/C24H27N5O2/c1-16-9-10-17(2)22(18(16)3)31-13-20(30)12-29-15-28-21-23(26-14-27-24(21)29)25-11-19-7-5-4-6-8-19/h4-10,14-15,20,30H,11-13H2,1-3H3,(H,25,26,27)/t20-/m1/s1. The summed E-state index contributed by atoms with van der Waals surface area (Å²) in [5.74, 6) is 1.51. The zero-order valence-electron chi connectivity index (χ0n) is 18.0. The molecule has 0 amide bonds. The first-order chi connectivity index (χ1) is 15.0. The summed E-state index contributed by atoms with van der Waals surface area (Å²) < 4.78 is 7.78. The van der Waals surface area contributed by atoms with Crippen molar-refractivity contribution in [2.45, 2.75) is 40.0 Å². The highest BCUT2D eigenvalue weighted by Gasteiger charge is 2.15. The third-order valence-electron chi connectivity index (χ3n) is 5.41. The fraction of sp³-hybridized carbons (Fsp3) is 0.292. The molecule has 0 unspecified atom stereocenters. The molecule has 0 fully saturated rings. The zero-order valence-corrected chi connectivity index (χ0v) is 18.0. The molecular weight excluding hydrogens is 390 g/mol. The van der Waals surface area contributed by atoms with Crippen molar-refractivity contribution in [3.05, 3.63) is 77.4 Å². The Kier molecular flexibility index (Phi) is 6.13. The SMILES string of the molecule is Cc1ccc(C)c(OC[C@H](O)Cn2cnc3c(NCc4ccccc4)ncnc32)c1C. The van der Waals surface area contributed by atoms with Crippen LogP contribution in [0.2, 0.25) is 0 Å². The van der Waals surface area contributed by atoms with Gasteiger partial charge in [0.2, 0.25) is 0 Å². The van der Waals surface area contributed by atoms with Crippen LogP contribution in [-0.2, 0) is 13.1 Å². The van der Waals surface area contributed by atoms with Crippen molar-refractivity contribution >= 4 is 17.0 Å². The van der Waals surface area contributed by atoms with E-state index in [0.717, 1.165) is 22.4 Å². The molecule has 31 heavy (non-hydrogen) atoms. The van der Waals surface area contributed by atoms with Crippen LogP contribution in [0, 0.1) is 20.8 Å². The van der Waals surface area contributed by atoms with Gasteiger partial charge in [0.15, 0.2) is 11.5 Å². The van der Waals surface area contributed by atoms with E-state index >= 15 is 0 Å². The Morgan fingerprint density at radius 1 is 1.00 bits per heavy atom. The van der Waals surface area contributed by atoms with Crippen LogP contribution in [0.1, 0.15) is 22.3 Å². The Morgan fingerprint density at radius 3 is 2.58 bits per heavy atom. The van der Waals surface area contributed by atoms with Crippen LogP contribution in [0.3, 0.4) is 0 Å². The summed E-state index contributed by atoms with van der Waals surface area (Å²) in [5, 5.41) is 13.9. The number of rotatable bonds is 8. The molecule has 1 atom stereocenters. The van der Waals surface area contributed by atoms with E-state index in [0.29, 0.717) is 30.1 Å². The van der Waals surface area contributed by atoms with Crippen LogP contribution < -0.4 is 10.1 Å². The first-order valence-electron chi connectivity index (χ1n) is 10.3. The third kappa shape index (κ3) is 4.67. The lowest BCUT2D eigenvalue weighted by Crippen LogP contribution is -2.24. The summed E-state index contributed by atoms with van der Waals surface area (Å²) in [6, 6.07) is 14.2. The molecule has 0 aliphatic heterocycles. The monoisotopic (exact) mass is 417 g/mol. The van der Waals surface area contributed by atoms with Gasteiger partial charge in [-0.1, -0.05) is 42.5 Å². The highest BCUT2D eigenvalue weighted by atomic mass is 16.5. The number of imidazole rings is 1. The van der Waals surface area contributed by atoms with Crippen molar-refractivity contribution in [2.75, 3.05) is 11.9 Å². The molecule has 0 radical (unpaired) electrons. The molecule has 0 aliphatic rings. The van der Waals surface area contributed by atoms with Gasteiger partial charge in [0.1, 0.15) is 30.3 Å². The number of aryl methyl sites for hydroxylation is 2. The average Bonchev–Trinajstić information content (AvgIpc) is 3.19. The average molecular weight is 418 g/mol. The molecule has 0 spiro atoms. The molecule has 7 nitrogen and oxygen atoms in total. The summed E-state index contributed by atoms with van der Waals surface area (Å²) in [6.07, 6.45) is 2.49. The Hall–Kier alpha value is -3.45. The number of aromatic nitrogens is 4. The highest BCUT2D eigenvalue weighted by Crippen LogP contribution is 2.26. The second-order valence-electron chi connectivity index (χ2n) is 7.75. The molecule has 4 rings (SSSR count). The summed E-state index contributed by atoms with van der Waals surface area (Å²) in [6.45, 7) is 7.27. The molecule has 2 N–H and O–H groups in total. The first-order valence-corrected chi connectivity index (χ1v) is 10.3. The molecule has 0 bridgehead atoms. The van der Waals surface area contributed by atoms with Gasteiger partial charge in [-0.25, -0.2) is 15.0 Å². The van der Waals surface area contributed by atoms with Crippen LogP contribution in [0.5, 0.6) is 5.75 Å². The molecule has 2 aromatic heterocycles. The van der Waals surface area contributed by atoms with E-state index in [2.05, 4.69) is 45.4 Å². The minimum absolute atomic E-state index is 0.189. The number of aliphatic hydroxyl groups is 1. The largest absolute Gasteiger partial charge is 0.490 e. The lowest BCUT2D eigenvalue weighted by Gasteiger charge is -2.17. The predicted octanol–water partition coefficient (Wildman–Crippen LogP) is 3.80. The van der Waals surface area contributed by atoms with Gasteiger partial charge < -0.3 is 19.7 Å². The van der Waals surface area contributed by atoms with E-state index in [1.165, 1.54) is 11.9 Å². The van der Waals surface area contributed by atoms with Crippen molar-refractivity contribution in [1.82, 2.24) is 19.5 Å². The van der Waals surface area contributed by atoms with E-state index in [1.54, 1.807) is 6.33 Å². The quantitative estimate of drug-likeness (QED) is 0.454. The lowest BCUT2D eigenvalue weighted by atomic mass is 10.1. The van der Waals surface area contributed by atoms with E-state index in [4.69, 9.17) is 4.74 Å². The Balaban J connectivity index is 1.43. The van der Waals surface area contributed by atoms with E-state index in [9.17, 15) is 5.11 Å². The second kappa shape index (κ2) is 9.14. The van der Waals surface area contributed by atoms with Crippen LogP contribution in [0.25, 0.3) is 11.2 Å². The molecule has 4 aromatic rings. The molecule has 0 saturated carbocycles. The normalized spacial score (nSPS) is 12.1. The third-order valence-corrected chi connectivity index (χ3v) is 5.41. The lowest BCUT2D eigenvalue weighted by molar-refractivity contribution is 0.0926. The van der Waals surface area contributed by atoms with Gasteiger partial charge in [0.05, 0.1) is 12.9 Å². The number of benzene rings is 2. The van der Waals surface area contributed by atoms with Crippen molar-refractivity contribution in [1.29, 1.82) is 0 Å². The van der Waals surface area contributed by atoms with Gasteiger partial charge in [-0.3, -0.25) is 0 Å². The molecule has 2 aromatic carbocycles. The number of fused-ring (bicyclic) bond motifs is 1. The van der Waals surface area contributed by atoms with Gasteiger partial charge in [-0.15, -0.1) is 0 Å². The molecule has 160 valence electrons. The fourth-order valence-corrected chi connectivity index (χ4v) is 3.53. The fourth-order valence-electron chi connectivity index (χ4n) is 3.53. The van der Waals surface area contributed by atoms with Crippen LogP contribution in [0.15, 0.2) is 55.1 Å². The minimum Gasteiger partial charge on any atom is -0.490 e. The maximum atomic E-state index is 10.6.